The number of carbonyl (C=O) groups excluding carboxylic acids is 1. The number of hydrogen-bond acceptors (Lipinski definition) is 6. The fraction of sp³-hybridized carbons (Fsp3) is 0.250. The third kappa shape index (κ3) is 5.03. The van der Waals surface area contributed by atoms with Crippen molar-refractivity contribution in [1.29, 1.82) is 0 Å². The number of ether oxygens (including phenoxy) is 1. The van der Waals surface area contributed by atoms with E-state index in [0.717, 1.165) is 29.1 Å². The standard InChI is InChI=1S/C32H30F2N4O5S/c1-19-6-3-4-13-32(19,2)44(41,42)38-15-12-22-24(18-36-31(40)29(22)38)23-17-21(37-30(39)26-7-5-14-35-26)9-11-27(23)43-28-10-8-20(33)16-25(28)34/h3-4,6,8-12,15-18,26,35H,5,7,13-14H2,1-2H3,(H,36,40)(H,37,39)/t26-,32?/m0/s1. The monoisotopic (exact) mass is 620 g/mol. The van der Waals surface area contributed by atoms with Crippen molar-refractivity contribution in [2.75, 3.05) is 11.9 Å². The molecule has 2 aromatic carbocycles. The minimum Gasteiger partial charge on any atom is -0.454 e. The molecule has 0 spiro atoms. The number of allylic oxidation sites excluding steroid dienone is 3. The molecule has 0 radical (unpaired) electrons. The first-order chi connectivity index (χ1) is 21.0. The third-order valence-corrected chi connectivity index (χ3v) is 10.8. The SMILES string of the molecule is CC1=CC=CCC1(C)S(=O)(=O)n1ccc2c(-c3cc(NC(=O)[C@@H]4CCCN4)ccc3Oc3ccc(F)cc3F)c[nH]c(=O)c21. The summed E-state index contributed by atoms with van der Waals surface area (Å²) in [6.45, 7) is 4.09. The highest BCUT2D eigenvalue weighted by molar-refractivity contribution is 7.91. The van der Waals surface area contributed by atoms with Gasteiger partial charge in [0.05, 0.1) is 6.04 Å². The van der Waals surface area contributed by atoms with Crippen LogP contribution in [0, 0.1) is 11.6 Å². The summed E-state index contributed by atoms with van der Waals surface area (Å²) in [4.78, 5) is 28.7. The molecule has 12 heteroatoms. The Bertz CT molecular complexity index is 2030. The number of nitrogens with zero attached hydrogens (tertiary/aromatic N) is 1. The van der Waals surface area contributed by atoms with E-state index in [9.17, 15) is 26.8 Å². The Balaban J connectivity index is 1.50. The first kappa shape index (κ1) is 29.5. The zero-order chi connectivity index (χ0) is 31.2. The largest absolute Gasteiger partial charge is 0.454 e. The van der Waals surface area contributed by atoms with E-state index >= 15 is 0 Å². The van der Waals surface area contributed by atoms with Crippen LogP contribution >= 0.6 is 0 Å². The summed E-state index contributed by atoms with van der Waals surface area (Å²) in [7, 11) is -4.12. The fourth-order valence-electron chi connectivity index (χ4n) is 5.65. The van der Waals surface area contributed by atoms with Gasteiger partial charge in [-0.3, -0.25) is 9.59 Å². The van der Waals surface area contributed by atoms with E-state index in [1.807, 2.05) is 0 Å². The summed E-state index contributed by atoms with van der Waals surface area (Å²) in [5, 5.41) is 6.31. The van der Waals surface area contributed by atoms with Crippen molar-refractivity contribution in [3.05, 3.63) is 101 Å². The normalized spacial score (nSPS) is 20.1. The Morgan fingerprint density at radius 1 is 1.11 bits per heavy atom. The Hall–Kier alpha value is -4.55. The van der Waals surface area contributed by atoms with Crippen LogP contribution in [0.3, 0.4) is 0 Å². The van der Waals surface area contributed by atoms with Crippen LogP contribution in [0.2, 0.25) is 0 Å². The van der Waals surface area contributed by atoms with Crippen molar-refractivity contribution in [2.45, 2.75) is 43.9 Å². The highest BCUT2D eigenvalue weighted by atomic mass is 32.2. The Morgan fingerprint density at radius 3 is 2.64 bits per heavy atom. The number of fused-ring (bicyclic) bond motifs is 1. The lowest BCUT2D eigenvalue weighted by Crippen LogP contribution is -2.41. The Kier molecular flexibility index (Phi) is 7.50. The molecule has 1 saturated heterocycles. The first-order valence-electron chi connectivity index (χ1n) is 14.1. The van der Waals surface area contributed by atoms with Gasteiger partial charge in [0, 0.05) is 40.7 Å². The highest BCUT2D eigenvalue weighted by Crippen LogP contribution is 2.41. The van der Waals surface area contributed by atoms with Crippen molar-refractivity contribution in [3.8, 4) is 22.6 Å². The molecule has 1 unspecified atom stereocenters. The number of aromatic nitrogens is 2. The molecule has 44 heavy (non-hydrogen) atoms. The summed E-state index contributed by atoms with van der Waals surface area (Å²) >= 11 is 0. The van der Waals surface area contributed by atoms with Crippen molar-refractivity contribution >= 4 is 32.5 Å². The first-order valence-corrected chi connectivity index (χ1v) is 15.6. The van der Waals surface area contributed by atoms with Crippen molar-refractivity contribution in [2.24, 2.45) is 0 Å². The second-order valence-electron chi connectivity index (χ2n) is 11.1. The van der Waals surface area contributed by atoms with Crippen LogP contribution in [0.5, 0.6) is 11.5 Å². The average Bonchev–Trinajstić information content (AvgIpc) is 3.69. The predicted octanol–water partition coefficient (Wildman–Crippen LogP) is 5.60. The number of halogens is 2. The molecule has 2 atom stereocenters. The van der Waals surface area contributed by atoms with Gasteiger partial charge in [-0.15, -0.1) is 0 Å². The van der Waals surface area contributed by atoms with Gasteiger partial charge >= 0.3 is 0 Å². The maximum Gasteiger partial charge on any atom is 0.273 e. The van der Waals surface area contributed by atoms with Crippen LogP contribution in [0.25, 0.3) is 22.0 Å². The molecule has 1 amide bonds. The lowest BCUT2D eigenvalue weighted by atomic mass is 9.94. The zero-order valence-corrected chi connectivity index (χ0v) is 24.8. The molecule has 1 aliphatic heterocycles. The van der Waals surface area contributed by atoms with E-state index in [0.29, 0.717) is 40.3 Å². The van der Waals surface area contributed by atoms with Crippen LogP contribution in [-0.2, 0) is 14.8 Å². The maximum atomic E-state index is 14.6. The summed E-state index contributed by atoms with van der Waals surface area (Å²) < 4.78 is 61.9. The number of aromatic amines is 1. The number of H-pyrrole nitrogens is 1. The number of amides is 1. The van der Waals surface area contributed by atoms with E-state index in [-0.39, 0.29) is 35.4 Å². The number of benzene rings is 2. The summed E-state index contributed by atoms with van der Waals surface area (Å²) in [6.07, 6.45) is 9.85. The van der Waals surface area contributed by atoms with Gasteiger partial charge in [-0.05, 0) is 76.1 Å². The average molecular weight is 621 g/mol. The van der Waals surface area contributed by atoms with Crippen molar-refractivity contribution in [3.63, 3.8) is 0 Å². The smallest absolute Gasteiger partial charge is 0.273 e. The topological polar surface area (TPSA) is 122 Å². The predicted molar refractivity (Wildman–Crippen MR) is 164 cm³/mol. The third-order valence-electron chi connectivity index (χ3n) is 8.38. The molecule has 0 saturated carbocycles. The number of hydrogen-bond donors (Lipinski definition) is 3. The lowest BCUT2D eigenvalue weighted by Gasteiger charge is -2.31. The highest BCUT2D eigenvalue weighted by Gasteiger charge is 2.43. The minimum atomic E-state index is -4.12. The summed E-state index contributed by atoms with van der Waals surface area (Å²) in [5.74, 6) is -2.05. The van der Waals surface area contributed by atoms with Crippen LogP contribution in [0.4, 0.5) is 14.5 Å². The number of pyridine rings is 1. The van der Waals surface area contributed by atoms with Crippen molar-refractivity contribution < 1.29 is 26.7 Å². The number of carbonyl (C=O) groups is 1. The second-order valence-corrected chi connectivity index (χ2v) is 13.4. The summed E-state index contributed by atoms with van der Waals surface area (Å²) in [6, 6.07) is 8.77. The Labute approximate surface area is 252 Å². The molecular formula is C32H30F2N4O5S. The van der Waals surface area contributed by atoms with Gasteiger partial charge in [-0.2, -0.15) is 0 Å². The van der Waals surface area contributed by atoms with E-state index in [4.69, 9.17) is 4.74 Å². The van der Waals surface area contributed by atoms with Gasteiger partial charge in [0.2, 0.25) is 15.9 Å². The number of rotatable bonds is 7. The molecule has 2 aliphatic rings. The summed E-state index contributed by atoms with van der Waals surface area (Å²) in [5.41, 5.74) is 0.991. The zero-order valence-electron chi connectivity index (χ0n) is 24.0. The quantitative estimate of drug-likeness (QED) is 0.247. The molecule has 3 N–H and O–H groups in total. The van der Waals surface area contributed by atoms with Gasteiger partial charge in [-0.1, -0.05) is 23.8 Å². The van der Waals surface area contributed by atoms with Crippen LogP contribution < -0.4 is 20.9 Å². The molecule has 3 heterocycles. The van der Waals surface area contributed by atoms with Gasteiger partial charge in [0.15, 0.2) is 11.6 Å². The van der Waals surface area contributed by atoms with Gasteiger partial charge in [0.25, 0.3) is 5.56 Å². The lowest BCUT2D eigenvalue weighted by molar-refractivity contribution is -0.117. The molecule has 2 aromatic heterocycles. The molecular weight excluding hydrogens is 590 g/mol. The molecule has 6 rings (SSSR count). The van der Waals surface area contributed by atoms with E-state index in [1.54, 1.807) is 44.2 Å². The molecule has 4 aromatic rings. The molecule has 228 valence electrons. The minimum absolute atomic E-state index is 0.102. The number of nitrogens with one attached hydrogen (secondary N) is 3. The van der Waals surface area contributed by atoms with Crippen molar-refractivity contribution in [1.82, 2.24) is 14.3 Å². The molecule has 9 nitrogen and oxygen atoms in total. The van der Waals surface area contributed by atoms with E-state index in [2.05, 4.69) is 15.6 Å². The van der Waals surface area contributed by atoms with Crippen LogP contribution in [-0.4, -0.2) is 40.6 Å². The molecule has 1 aliphatic carbocycles. The molecule has 0 bridgehead atoms. The second kappa shape index (κ2) is 11.2. The fourth-order valence-corrected chi connectivity index (χ4v) is 7.51. The Morgan fingerprint density at radius 2 is 1.91 bits per heavy atom. The van der Waals surface area contributed by atoms with Gasteiger partial charge in [-0.25, -0.2) is 21.2 Å². The van der Waals surface area contributed by atoms with Crippen LogP contribution in [0.15, 0.2) is 83.5 Å². The van der Waals surface area contributed by atoms with Crippen LogP contribution in [0.1, 0.15) is 33.1 Å². The van der Waals surface area contributed by atoms with Gasteiger partial charge < -0.3 is 20.4 Å². The van der Waals surface area contributed by atoms with E-state index in [1.165, 1.54) is 24.5 Å². The maximum absolute atomic E-state index is 14.6. The number of anilines is 1. The van der Waals surface area contributed by atoms with Gasteiger partial charge in [0.1, 0.15) is 21.8 Å². The molecule has 1 fully saturated rings. The van der Waals surface area contributed by atoms with E-state index < -0.39 is 32.0 Å².